The van der Waals surface area contributed by atoms with Crippen LogP contribution in [0.3, 0.4) is 0 Å². The van der Waals surface area contributed by atoms with E-state index in [2.05, 4.69) is 4.74 Å². The van der Waals surface area contributed by atoms with Crippen LogP contribution in [0, 0.1) is 29.1 Å². The number of hydrogen-bond acceptors (Lipinski definition) is 3. The van der Waals surface area contributed by atoms with Gasteiger partial charge in [-0.05, 0) is 12.8 Å². The Labute approximate surface area is 115 Å². The van der Waals surface area contributed by atoms with E-state index in [0.29, 0.717) is 0 Å². The van der Waals surface area contributed by atoms with Crippen molar-refractivity contribution in [2.45, 2.75) is 25.0 Å². The van der Waals surface area contributed by atoms with Crippen molar-refractivity contribution in [3.05, 3.63) is 29.1 Å². The van der Waals surface area contributed by atoms with E-state index in [4.69, 9.17) is 9.84 Å². The average molecular weight is 312 g/mol. The Kier molecular flexibility index (Phi) is 4.31. The molecule has 1 aromatic carbocycles. The molecule has 9 heteroatoms. The maximum absolute atomic E-state index is 13.3. The SMILES string of the molecule is O=C(O)C1CCC(COc2c(F)c(F)c(F)c(F)c2F)O1. The summed E-state index contributed by atoms with van der Waals surface area (Å²) < 4.78 is 74.8. The minimum Gasteiger partial charge on any atom is -0.485 e. The molecule has 4 nitrogen and oxygen atoms in total. The number of halogens is 5. The summed E-state index contributed by atoms with van der Waals surface area (Å²) in [7, 11) is 0. The van der Waals surface area contributed by atoms with Gasteiger partial charge >= 0.3 is 5.97 Å². The van der Waals surface area contributed by atoms with Gasteiger partial charge in [0.25, 0.3) is 0 Å². The second-order valence-corrected chi connectivity index (χ2v) is 4.37. The Morgan fingerprint density at radius 3 is 2.05 bits per heavy atom. The molecule has 1 fully saturated rings. The lowest BCUT2D eigenvalue weighted by atomic mass is 10.2. The molecule has 1 saturated heterocycles. The molecule has 116 valence electrons. The molecule has 0 bridgehead atoms. The molecule has 2 atom stereocenters. The van der Waals surface area contributed by atoms with Crippen LogP contribution in [0.2, 0.25) is 0 Å². The zero-order valence-corrected chi connectivity index (χ0v) is 10.3. The number of hydrogen-bond donors (Lipinski definition) is 1. The van der Waals surface area contributed by atoms with Crippen molar-refractivity contribution in [1.82, 2.24) is 0 Å². The van der Waals surface area contributed by atoms with Gasteiger partial charge in [-0.1, -0.05) is 0 Å². The van der Waals surface area contributed by atoms with Crippen LogP contribution in [0.15, 0.2) is 0 Å². The Bertz CT molecular complexity index is 548. The number of aliphatic carboxylic acids is 1. The highest BCUT2D eigenvalue weighted by Gasteiger charge is 2.32. The second kappa shape index (κ2) is 5.84. The van der Waals surface area contributed by atoms with Crippen LogP contribution in [0.1, 0.15) is 12.8 Å². The Morgan fingerprint density at radius 2 is 1.57 bits per heavy atom. The first-order chi connectivity index (χ1) is 9.82. The summed E-state index contributed by atoms with van der Waals surface area (Å²) in [6.07, 6.45) is -1.48. The summed E-state index contributed by atoms with van der Waals surface area (Å²) in [5, 5.41) is 8.68. The van der Waals surface area contributed by atoms with Crippen molar-refractivity contribution in [3.8, 4) is 5.75 Å². The van der Waals surface area contributed by atoms with Crippen LogP contribution in [0.5, 0.6) is 5.75 Å². The third-order valence-electron chi connectivity index (χ3n) is 2.97. The first-order valence-corrected chi connectivity index (χ1v) is 5.85. The quantitative estimate of drug-likeness (QED) is 0.527. The third-order valence-corrected chi connectivity index (χ3v) is 2.97. The molecular weight excluding hydrogens is 303 g/mol. The van der Waals surface area contributed by atoms with Gasteiger partial charge in [0.1, 0.15) is 6.61 Å². The molecule has 0 radical (unpaired) electrons. The number of benzene rings is 1. The Hall–Kier alpha value is -1.90. The van der Waals surface area contributed by atoms with Crippen LogP contribution >= 0.6 is 0 Å². The molecule has 1 heterocycles. The highest BCUT2D eigenvalue weighted by molar-refractivity contribution is 5.72. The third kappa shape index (κ3) is 2.92. The van der Waals surface area contributed by atoms with Crippen molar-refractivity contribution in [3.63, 3.8) is 0 Å². The molecule has 2 unspecified atom stereocenters. The molecule has 0 amide bonds. The fraction of sp³-hybridized carbons (Fsp3) is 0.417. The van der Waals surface area contributed by atoms with Gasteiger partial charge in [0, 0.05) is 0 Å². The van der Waals surface area contributed by atoms with E-state index in [0.717, 1.165) is 0 Å². The summed E-state index contributed by atoms with van der Waals surface area (Å²) in [5.74, 6) is -13.3. The lowest BCUT2D eigenvalue weighted by molar-refractivity contribution is -0.149. The number of carboxylic acids is 1. The van der Waals surface area contributed by atoms with Gasteiger partial charge in [0.05, 0.1) is 6.10 Å². The normalized spacial score (nSPS) is 21.6. The standard InChI is InChI=1S/C12H9F5O4/c13-6-7(14)9(16)11(10(17)8(6)15)20-3-4-1-2-5(21-4)12(18)19/h4-5H,1-3H2,(H,18,19). The Balaban J connectivity index is 2.10. The minimum atomic E-state index is -2.28. The fourth-order valence-corrected chi connectivity index (χ4v) is 1.90. The summed E-state index contributed by atoms with van der Waals surface area (Å²) >= 11 is 0. The zero-order valence-electron chi connectivity index (χ0n) is 10.3. The number of carboxylic acid groups (broad SMARTS) is 1. The maximum Gasteiger partial charge on any atom is 0.332 e. The molecule has 21 heavy (non-hydrogen) atoms. The van der Waals surface area contributed by atoms with Crippen molar-refractivity contribution in [1.29, 1.82) is 0 Å². The minimum absolute atomic E-state index is 0.167. The predicted octanol–water partition coefficient (Wildman–Crippen LogP) is 2.39. The smallest absolute Gasteiger partial charge is 0.332 e. The zero-order chi connectivity index (χ0) is 15.7. The summed E-state index contributed by atoms with van der Waals surface area (Å²) in [5.41, 5.74) is 0. The number of ether oxygens (including phenoxy) is 2. The molecular formula is C12H9F5O4. The average Bonchev–Trinajstić information content (AvgIpc) is 2.92. The predicted molar refractivity (Wildman–Crippen MR) is 57.3 cm³/mol. The maximum atomic E-state index is 13.3. The second-order valence-electron chi connectivity index (χ2n) is 4.37. The lowest BCUT2D eigenvalue weighted by Crippen LogP contribution is -2.24. The molecule has 1 aliphatic heterocycles. The Morgan fingerprint density at radius 1 is 1.05 bits per heavy atom. The van der Waals surface area contributed by atoms with E-state index in [9.17, 15) is 26.7 Å². The summed E-state index contributed by atoms with van der Waals surface area (Å²) in [4.78, 5) is 10.6. The van der Waals surface area contributed by atoms with Crippen LogP contribution in [0.4, 0.5) is 22.0 Å². The molecule has 2 rings (SSSR count). The van der Waals surface area contributed by atoms with Gasteiger partial charge in [-0.25, -0.2) is 18.0 Å². The van der Waals surface area contributed by atoms with E-state index in [-0.39, 0.29) is 12.8 Å². The van der Waals surface area contributed by atoms with E-state index in [1.807, 2.05) is 0 Å². The van der Waals surface area contributed by atoms with Crippen LogP contribution < -0.4 is 4.74 Å². The highest BCUT2D eigenvalue weighted by Crippen LogP contribution is 2.30. The van der Waals surface area contributed by atoms with Crippen molar-refractivity contribution < 1.29 is 41.3 Å². The van der Waals surface area contributed by atoms with Crippen LogP contribution in [-0.4, -0.2) is 29.9 Å². The van der Waals surface area contributed by atoms with E-state index in [1.54, 1.807) is 0 Å². The molecule has 1 aliphatic rings. The van der Waals surface area contributed by atoms with Gasteiger partial charge in [-0.3, -0.25) is 0 Å². The molecule has 0 aliphatic carbocycles. The molecule has 0 aromatic heterocycles. The highest BCUT2D eigenvalue weighted by atomic mass is 19.2. The van der Waals surface area contributed by atoms with Crippen LogP contribution in [0.25, 0.3) is 0 Å². The summed E-state index contributed by atoms with van der Waals surface area (Å²) in [6.45, 7) is -0.526. The molecule has 0 spiro atoms. The summed E-state index contributed by atoms with van der Waals surface area (Å²) in [6, 6.07) is 0. The first-order valence-electron chi connectivity index (χ1n) is 5.85. The molecule has 1 N–H and O–H groups in total. The number of rotatable bonds is 4. The van der Waals surface area contributed by atoms with E-state index >= 15 is 0 Å². The van der Waals surface area contributed by atoms with Crippen LogP contribution in [-0.2, 0) is 9.53 Å². The van der Waals surface area contributed by atoms with Gasteiger partial charge in [0.2, 0.25) is 29.1 Å². The molecule has 1 aromatic rings. The first kappa shape index (κ1) is 15.5. The van der Waals surface area contributed by atoms with E-state index < -0.39 is 59.6 Å². The number of carbonyl (C=O) groups is 1. The van der Waals surface area contributed by atoms with E-state index in [1.165, 1.54) is 0 Å². The lowest BCUT2D eigenvalue weighted by Gasteiger charge is -2.14. The van der Waals surface area contributed by atoms with Gasteiger partial charge < -0.3 is 14.6 Å². The largest absolute Gasteiger partial charge is 0.485 e. The van der Waals surface area contributed by atoms with Gasteiger partial charge in [0.15, 0.2) is 11.9 Å². The van der Waals surface area contributed by atoms with Crippen molar-refractivity contribution in [2.75, 3.05) is 6.61 Å². The monoisotopic (exact) mass is 312 g/mol. The van der Waals surface area contributed by atoms with Gasteiger partial charge in [-0.15, -0.1) is 0 Å². The van der Waals surface area contributed by atoms with Crippen molar-refractivity contribution in [2.24, 2.45) is 0 Å². The fourth-order valence-electron chi connectivity index (χ4n) is 1.90. The van der Waals surface area contributed by atoms with Crippen molar-refractivity contribution >= 4 is 5.97 Å². The topological polar surface area (TPSA) is 55.8 Å². The molecule has 0 saturated carbocycles. The van der Waals surface area contributed by atoms with Gasteiger partial charge in [-0.2, -0.15) is 8.78 Å².